The highest BCUT2D eigenvalue weighted by Crippen LogP contribution is 2.20. The number of ether oxygens (including phenoxy) is 1. The quantitative estimate of drug-likeness (QED) is 0.838. The smallest absolute Gasteiger partial charge is 0.253 e. The van der Waals surface area contributed by atoms with Gasteiger partial charge in [0.05, 0.1) is 18.0 Å². The van der Waals surface area contributed by atoms with E-state index in [0.717, 1.165) is 61.8 Å². The van der Waals surface area contributed by atoms with Crippen LogP contribution in [0.2, 0.25) is 0 Å². The van der Waals surface area contributed by atoms with Gasteiger partial charge in [0, 0.05) is 31.0 Å². The highest BCUT2D eigenvalue weighted by atomic mass is 16.5. The molecule has 1 aromatic carbocycles. The number of likely N-dealkylation sites (tertiary alicyclic amines) is 1. The normalized spacial score (nSPS) is 17.7. The zero-order valence-corrected chi connectivity index (χ0v) is 15.4. The third-order valence-corrected chi connectivity index (χ3v) is 4.73. The van der Waals surface area contributed by atoms with Gasteiger partial charge in [0.25, 0.3) is 5.91 Å². The minimum Gasteiger partial charge on any atom is -0.381 e. The lowest BCUT2D eigenvalue weighted by atomic mass is 9.98. The fourth-order valence-corrected chi connectivity index (χ4v) is 3.49. The summed E-state index contributed by atoms with van der Waals surface area (Å²) in [4.78, 5) is 14.8. The molecule has 1 aliphatic rings. The van der Waals surface area contributed by atoms with Crippen LogP contribution in [-0.4, -0.2) is 46.9 Å². The zero-order chi connectivity index (χ0) is 17.8. The number of rotatable bonds is 5. The molecule has 1 amide bonds. The molecule has 5 heteroatoms. The molecule has 5 nitrogen and oxygen atoms in total. The van der Waals surface area contributed by atoms with Crippen molar-refractivity contribution in [3.8, 4) is 5.69 Å². The molecule has 0 bridgehead atoms. The van der Waals surface area contributed by atoms with Gasteiger partial charge in [-0.3, -0.25) is 4.79 Å². The van der Waals surface area contributed by atoms with Gasteiger partial charge in [0.15, 0.2) is 0 Å². The highest BCUT2D eigenvalue weighted by Gasteiger charge is 2.24. The monoisotopic (exact) mass is 341 g/mol. The van der Waals surface area contributed by atoms with Gasteiger partial charge in [0.2, 0.25) is 0 Å². The largest absolute Gasteiger partial charge is 0.381 e. The first-order chi connectivity index (χ1) is 12.1. The molecule has 1 aliphatic heterocycles. The van der Waals surface area contributed by atoms with Crippen molar-refractivity contribution in [3.05, 3.63) is 47.3 Å². The van der Waals surface area contributed by atoms with Gasteiger partial charge in [-0.2, -0.15) is 5.10 Å². The van der Waals surface area contributed by atoms with Crippen molar-refractivity contribution in [1.29, 1.82) is 0 Å². The maximum atomic E-state index is 12.8. The van der Waals surface area contributed by atoms with Crippen LogP contribution in [0.15, 0.2) is 30.3 Å². The van der Waals surface area contributed by atoms with E-state index in [1.165, 1.54) is 0 Å². The molecule has 0 radical (unpaired) electrons. The van der Waals surface area contributed by atoms with E-state index in [4.69, 9.17) is 4.74 Å². The van der Waals surface area contributed by atoms with Gasteiger partial charge in [-0.05, 0) is 69.9 Å². The lowest BCUT2D eigenvalue weighted by Gasteiger charge is -2.32. The summed E-state index contributed by atoms with van der Waals surface area (Å²) < 4.78 is 7.44. The van der Waals surface area contributed by atoms with E-state index in [1.807, 2.05) is 60.7 Å². The van der Waals surface area contributed by atoms with E-state index in [0.29, 0.717) is 5.92 Å². The van der Waals surface area contributed by atoms with E-state index in [9.17, 15) is 4.79 Å². The fraction of sp³-hybridized carbons (Fsp3) is 0.500. The molecule has 2 aromatic rings. The van der Waals surface area contributed by atoms with Crippen LogP contribution >= 0.6 is 0 Å². The van der Waals surface area contributed by atoms with E-state index in [2.05, 4.69) is 5.10 Å². The molecule has 2 heterocycles. The molecule has 25 heavy (non-hydrogen) atoms. The average molecular weight is 341 g/mol. The summed E-state index contributed by atoms with van der Waals surface area (Å²) in [6, 6.07) is 9.79. The van der Waals surface area contributed by atoms with Gasteiger partial charge in [-0.25, -0.2) is 4.68 Å². The summed E-state index contributed by atoms with van der Waals surface area (Å²) in [5, 5.41) is 4.49. The molecule has 1 fully saturated rings. The van der Waals surface area contributed by atoms with Gasteiger partial charge in [-0.15, -0.1) is 0 Å². The van der Waals surface area contributed by atoms with Gasteiger partial charge < -0.3 is 9.64 Å². The number of hydrogen-bond acceptors (Lipinski definition) is 3. The molecular weight excluding hydrogens is 314 g/mol. The third-order valence-electron chi connectivity index (χ3n) is 4.73. The van der Waals surface area contributed by atoms with E-state index >= 15 is 0 Å². The Balaban J connectivity index is 1.69. The van der Waals surface area contributed by atoms with Gasteiger partial charge in [0.1, 0.15) is 0 Å². The second-order valence-corrected chi connectivity index (χ2v) is 6.80. The minimum absolute atomic E-state index is 0.112. The van der Waals surface area contributed by atoms with Gasteiger partial charge >= 0.3 is 0 Å². The number of carbonyl (C=O) groups is 1. The third kappa shape index (κ3) is 4.10. The summed E-state index contributed by atoms with van der Waals surface area (Å²) in [5.41, 5.74) is 3.80. The van der Waals surface area contributed by atoms with Crippen LogP contribution in [0.4, 0.5) is 0 Å². The Morgan fingerprint density at radius 3 is 2.68 bits per heavy atom. The Bertz CT molecular complexity index is 721. The van der Waals surface area contributed by atoms with E-state index < -0.39 is 0 Å². The second kappa shape index (κ2) is 7.83. The zero-order valence-electron chi connectivity index (χ0n) is 15.4. The Morgan fingerprint density at radius 2 is 2.04 bits per heavy atom. The summed E-state index contributed by atoms with van der Waals surface area (Å²) in [7, 11) is 0. The molecule has 134 valence electrons. The Kier molecular flexibility index (Phi) is 5.53. The Morgan fingerprint density at radius 1 is 1.28 bits per heavy atom. The van der Waals surface area contributed by atoms with E-state index in [-0.39, 0.29) is 5.91 Å². The topological polar surface area (TPSA) is 47.4 Å². The van der Waals surface area contributed by atoms with Crippen LogP contribution in [-0.2, 0) is 4.74 Å². The number of benzene rings is 1. The first-order valence-electron chi connectivity index (χ1n) is 9.09. The Labute approximate surface area is 149 Å². The Hall–Kier alpha value is -2.14. The molecule has 0 spiro atoms. The number of hydrogen-bond donors (Lipinski definition) is 0. The first-order valence-corrected chi connectivity index (χ1v) is 9.09. The van der Waals surface area contributed by atoms with E-state index in [1.54, 1.807) is 0 Å². The molecule has 0 aliphatic carbocycles. The predicted octanol–water partition coefficient (Wildman–Crippen LogP) is 3.38. The van der Waals surface area contributed by atoms with Crippen molar-refractivity contribution >= 4 is 5.91 Å². The van der Waals surface area contributed by atoms with Crippen molar-refractivity contribution < 1.29 is 9.53 Å². The van der Waals surface area contributed by atoms with Crippen LogP contribution in [0, 0.1) is 19.8 Å². The summed E-state index contributed by atoms with van der Waals surface area (Å²) in [6.07, 6.45) is 2.19. The molecule has 3 rings (SSSR count). The van der Waals surface area contributed by atoms with Crippen LogP contribution in [0.1, 0.15) is 41.5 Å². The second-order valence-electron chi connectivity index (χ2n) is 6.80. The van der Waals surface area contributed by atoms with Crippen molar-refractivity contribution in [3.63, 3.8) is 0 Å². The lowest BCUT2D eigenvalue weighted by molar-refractivity contribution is 0.0501. The molecule has 0 saturated carbocycles. The SMILES string of the molecule is CCOCC1CCCN(C(=O)c2ccc(-n3nc(C)cc3C)cc2)C1. The highest BCUT2D eigenvalue weighted by molar-refractivity contribution is 5.94. The van der Waals surface area contributed by atoms with Crippen LogP contribution < -0.4 is 0 Å². The van der Waals surface area contributed by atoms with Crippen LogP contribution in [0.25, 0.3) is 5.69 Å². The van der Waals surface area contributed by atoms with Crippen LogP contribution in [0.5, 0.6) is 0 Å². The van der Waals surface area contributed by atoms with Crippen LogP contribution in [0.3, 0.4) is 0 Å². The maximum absolute atomic E-state index is 12.8. The number of amides is 1. The molecule has 1 aromatic heterocycles. The van der Waals surface area contributed by atoms with Crippen molar-refractivity contribution in [2.45, 2.75) is 33.6 Å². The average Bonchev–Trinajstić information content (AvgIpc) is 2.98. The summed E-state index contributed by atoms with van der Waals surface area (Å²) >= 11 is 0. The van der Waals surface area contributed by atoms with Crippen molar-refractivity contribution in [2.24, 2.45) is 5.92 Å². The number of aryl methyl sites for hydroxylation is 2. The van der Waals surface area contributed by atoms with Gasteiger partial charge in [-0.1, -0.05) is 0 Å². The molecule has 1 unspecified atom stereocenters. The summed E-state index contributed by atoms with van der Waals surface area (Å²) in [6.45, 7) is 9.13. The molecular formula is C20H27N3O2. The number of carbonyl (C=O) groups excluding carboxylic acids is 1. The summed E-state index contributed by atoms with van der Waals surface area (Å²) in [5.74, 6) is 0.563. The maximum Gasteiger partial charge on any atom is 0.253 e. The molecule has 0 N–H and O–H groups in total. The molecule has 1 atom stereocenters. The minimum atomic E-state index is 0.112. The number of nitrogens with zero attached hydrogens (tertiary/aromatic N) is 3. The molecule has 1 saturated heterocycles. The lowest BCUT2D eigenvalue weighted by Crippen LogP contribution is -2.41. The number of piperidine rings is 1. The van der Waals surface area contributed by atoms with Crippen molar-refractivity contribution in [2.75, 3.05) is 26.3 Å². The van der Waals surface area contributed by atoms with Crippen molar-refractivity contribution in [1.82, 2.24) is 14.7 Å². The standard InChI is InChI=1S/C20H27N3O2/c1-4-25-14-17-6-5-11-22(13-17)20(24)18-7-9-19(10-8-18)23-16(3)12-15(2)21-23/h7-10,12,17H,4-6,11,13-14H2,1-3H3. The fourth-order valence-electron chi connectivity index (χ4n) is 3.49. The first kappa shape index (κ1) is 17.7. The number of aromatic nitrogens is 2. The predicted molar refractivity (Wildman–Crippen MR) is 98.2 cm³/mol.